The minimum absolute atomic E-state index is 0.0431. The van der Waals surface area contributed by atoms with Crippen molar-refractivity contribution in [1.82, 2.24) is 20.2 Å². The van der Waals surface area contributed by atoms with Crippen LogP contribution in [0.2, 0.25) is 0 Å². The topological polar surface area (TPSA) is 95.4 Å². The molecule has 2 amide bonds. The predicted octanol–water partition coefficient (Wildman–Crippen LogP) is 3.61. The number of hydrogen-bond donors (Lipinski definition) is 2. The number of β-amino-alcohol motifs (C(OH)–C–C–N with tert-alkyl or cyclic N) is 1. The number of pyridine rings is 2. The first-order valence-corrected chi connectivity index (χ1v) is 11.0. The summed E-state index contributed by atoms with van der Waals surface area (Å²) in [5.74, 6) is -0.814. The van der Waals surface area contributed by atoms with Crippen molar-refractivity contribution in [3.63, 3.8) is 0 Å². The van der Waals surface area contributed by atoms with Crippen LogP contribution in [0.1, 0.15) is 44.0 Å². The molecule has 0 bridgehead atoms. The molecule has 1 aliphatic heterocycles. The fraction of sp³-hybridized carbons (Fsp3) is 0.280. The van der Waals surface area contributed by atoms with Crippen molar-refractivity contribution < 1.29 is 27.9 Å². The third kappa shape index (κ3) is 5.83. The summed E-state index contributed by atoms with van der Waals surface area (Å²) in [5.41, 5.74) is 1.96. The Bertz CT molecular complexity index is 1230. The number of hydrogen-bond acceptors (Lipinski definition) is 5. The molecule has 35 heavy (non-hydrogen) atoms. The van der Waals surface area contributed by atoms with Gasteiger partial charge in [-0.1, -0.05) is 12.1 Å². The molecule has 3 heterocycles. The summed E-state index contributed by atoms with van der Waals surface area (Å²) in [5, 5.41) is 12.5. The van der Waals surface area contributed by atoms with Gasteiger partial charge in [0, 0.05) is 48.7 Å². The average molecular weight is 484 g/mol. The Morgan fingerprint density at radius 2 is 1.86 bits per heavy atom. The molecule has 1 fully saturated rings. The minimum Gasteiger partial charge on any atom is -0.391 e. The van der Waals surface area contributed by atoms with Crippen LogP contribution in [-0.4, -0.2) is 51.0 Å². The summed E-state index contributed by atoms with van der Waals surface area (Å²) in [6.07, 6.45) is -1.90. The van der Waals surface area contributed by atoms with Gasteiger partial charge in [0.2, 0.25) is 0 Å². The maximum absolute atomic E-state index is 13.1. The minimum atomic E-state index is -4.54. The number of likely N-dealkylation sites (tertiary alicyclic amines) is 1. The van der Waals surface area contributed by atoms with E-state index in [2.05, 4.69) is 15.3 Å². The number of alkyl halides is 3. The van der Waals surface area contributed by atoms with E-state index in [1.807, 2.05) is 13.0 Å². The number of carbonyl (C=O) groups is 2. The standard InChI is InChI=1S/C25H23F3N4O3/c1-15-2-4-21(29-11-15)17-8-18(10-19(9-17)24(35)32-7-6-20(33)14-32)23(34)31-13-16-3-5-22(30-12-16)25(26,27)28/h2-5,8-12,20,33H,6-7,13-14H2,1H3,(H,31,34). The van der Waals surface area contributed by atoms with Crippen LogP contribution in [0.3, 0.4) is 0 Å². The van der Waals surface area contributed by atoms with Crippen molar-refractivity contribution in [3.8, 4) is 11.3 Å². The van der Waals surface area contributed by atoms with Crippen LogP contribution < -0.4 is 5.32 Å². The lowest BCUT2D eigenvalue weighted by molar-refractivity contribution is -0.141. The van der Waals surface area contributed by atoms with Crippen LogP contribution in [0.4, 0.5) is 13.2 Å². The van der Waals surface area contributed by atoms with Gasteiger partial charge in [0.1, 0.15) is 5.69 Å². The van der Waals surface area contributed by atoms with Gasteiger partial charge < -0.3 is 15.3 Å². The number of carbonyl (C=O) groups excluding carboxylic acids is 2. The van der Waals surface area contributed by atoms with Crippen molar-refractivity contribution in [2.75, 3.05) is 13.1 Å². The molecule has 0 saturated carbocycles. The zero-order valence-corrected chi connectivity index (χ0v) is 18.8. The van der Waals surface area contributed by atoms with E-state index in [0.29, 0.717) is 29.8 Å². The van der Waals surface area contributed by atoms with E-state index in [4.69, 9.17) is 0 Å². The zero-order valence-electron chi connectivity index (χ0n) is 18.8. The van der Waals surface area contributed by atoms with Crippen LogP contribution >= 0.6 is 0 Å². The smallest absolute Gasteiger partial charge is 0.391 e. The molecule has 1 unspecified atom stereocenters. The highest BCUT2D eigenvalue weighted by Gasteiger charge is 2.32. The number of aliphatic hydroxyl groups excluding tert-OH is 1. The molecule has 7 nitrogen and oxygen atoms in total. The third-order valence-electron chi connectivity index (χ3n) is 5.67. The maximum Gasteiger partial charge on any atom is 0.433 e. The molecule has 10 heteroatoms. The van der Waals surface area contributed by atoms with Gasteiger partial charge >= 0.3 is 6.18 Å². The zero-order chi connectivity index (χ0) is 25.2. The Labute approximate surface area is 199 Å². The molecular formula is C25H23F3N4O3. The number of amides is 2. The molecule has 0 radical (unpaired) electrons. The number of rotatable bonds is 5. The van der Waals surface area contributed by atoms with Gasteiger partial charge in [0.25, 0.3) is 11.8 Å². The number of halogens is 3. The first-order valence-electron chi connectivity index (χ1n) is 11.0. The number of benzene rings is 1. The largest absolute Gasteiger partial charge is 0.433 e. The van der Waals surface area contributed by atoms with E-state index in [-0.39, 0.29) is 30.1 Å². The summed E-state index contributed by atoms with van der Waals surface area (Å²) in [6, 6.07) is 10.5. The second-order valence-corrected chi connectivity index (χ2v) is 8.45. The molecular weight excluding hydrogens is 461 g/mol. The Balaban J connectivity index is 1.58. The Kier molecular flexibility index (Phi) is 6.83. The van der Waals surface area contributed by atoms with Crippen LogP contribution in [0.25, 0.3) is 11.3 Å². The number of nitrogens with zero attached hydrogens (tertiary/aromatic N) is 3. The summed E-state index contributed by atoms with van der Waals surface area (Å²) >= 11 is 0. The molecule has 182 valence electrons. The highest BCUT2D eigenvalue weighted by Crippen LogP contribution is 2.27. The molecule has 1 saturated heterocycles. The number of aromatic nitrogens is 2. The molecule has 1 atom stereocenters. The summed E-state index contributed by atoms with van der Waals surface area (Å²) in [7, 11) is 0. The lowest BCUT2D eigenvalue weighted by Crippen LogP contribution is -2.30. The van der Waals surface area contributed by atoms with Crippen molar-refractivity contribution in [1.29, 1.82) is 0 Å². The monoisotopic (exact) mass is 484 g/mol. The Morgan fingerprint density at radius 1 is 1.09 bits per heavy atom. The lowest BCUT2D eigenvalue weighted by Gasteiger charge is -2.17. The average Bonchev–Trinajstić information content (AvgIpc) is 3.28. The molecule has 4 rings (SSSR count). The first-order chi connectivity index (χ1) is 16.6. The molecule has 1 aromatic carbocycles. The summed E-state index contributed by atoms with van der Waals surface area (Å²) in [6.45, 7) is 2.48. The second-order valence-electron chi connectivity index (χ2n) is 8.45. The number of aliphatic hydroxyl groups is 1. The van der Waals surface area contributed by atoms with Gasteiger partial charge in [0.05, 0.1) is 11.8 Å². The van der Waals surface area contributed by atoms with E-state index in [0.717, 1.165) is 17.8 Å². The van der Waals surface area contributed by atoms with Crippen molar-refractivity contribution >= 4 is 11.8 Å². The van der Waals surface area contributed by atoms with Gasteiger partial charge in [-0.3, -0.25) is 19.6 Å². The molecule has 0 aliphatic carbocycles. The van der Waals surface area contributed by atoms with E-state index in [1.165, 1.54) is 17.0 Å². The highest BCUT2D eigenvalue weighted by atomic mass is 19.4. The lowest BCUT2D eigenvalue weighted by atomic mass is 10.0. The van der Waals surface area contributed by atoms with Crippen LogP contribution in [0.15, 0.2) is 54.9 Å². The molecule has 2 N–H and O–H groups in total. The van der Waals surface area contributed by atoms with Gasteiger partial charge in [-0.15, -0.1) is 0 Å². The van der Waals surface area contributed by atoms with Crippen molar-refractivity contribution in [3.05, 3.63) is 82.8 Å². The fourth-order valence-electron chi connectivity index (χ4n) is 3.76. The third-order valence-corrected chi connectivity index (χ3v) is 5.67. The van der Waals surface area contributed by atoms with Crippen molar-refractivity contribution in [2.45, 2.75) is 32.2 Å². The number of nitrogens with one attached hydrogen (secondary N) is 1. The van der Waals surface area contributed by atoms with E-state index < -0.39 is 23.9 Å². The SMILES string of the molecule is Cc1ccc(-c2cc(C(=O)NCc3ccc(C(F)(F)F)nc3)cc(C(=O)N3CCC(O)C3)c2)nc1. The Hall–Kier alpha value is -3.79. The Morgan fingerprint density at radius 3 is 2.46 bits per heavy atom. The summed E-state index contributed by atoms with van der Waals surface area (Å²) in [4.78, 5) is 35.3. The number of aryl methyl sites for hydroxylation is 1. The maximum atomic E-state index is 13.1. The highest BCUT2D eigenvalue weighted by molar-refractivity contribution is 6.01. The van der Waals surface area contributed by atoms with Crippen LogP contribution in [0, 0.1) is 6.92 Å². The predicted molar refractivity (Wildman–Crippen MR) is 121 cm³/mol. The molecule has 3 aromatic rings. The van der Waals surface area contributed by atoms with E-state index in [9.17, 15) is 27.9 Å². The fourth-order valence-corrected chi connectivity index (χ4v) is 3.76. The normalized spacial score (nSPS) is 15.8. The van der Waals surface area contributed by atoms with Crippen LogP contribution in [0.5, 0.6) is 0 Å². The van der Waals surface area contributed by atoms with Crippen molar-refractivity contribution in [2.24, 2.45) is 0 Å². The van der Waals surface area contributed by atoms with Crippen LogP contribution in [-0.2, 0) is 12.7 Å². The van der Waals surface area contributed by atoms with Gasteiger partial charge in [0.15, 0.2) is 0 Å². The molecule has 2 aromatic heterocycles. The first kappa shape index (κ1) is 24.3. The summed E-state index contributed by atoms with van der Waals surface area (Å²) < 4.78 is 38.1. The van der Waals surface area contributed by atoms with Gasteiger partial charge in [-0.2, -0.15) is 13.2 Å². The molecule has 0 spiro atoms. The van der Waals surface area contributed by atoms with E-state index in [1.54, 1.807) is 24.4 Å². The van der Waals surface area contributed by atoms with E-state index >= 15 is 0 Å². The second kappa shape index (κ2) is 9.83. The quantitative estimate of drug-likeness (QED) is 0.577. The van der Waals surface area contributed by atoms with Gasteiger partial charge in [-0.05, 0) is 54.8 Å². The molecule has 1 aliphatic rings. The van der Waals surface area contributed by atoms with Gasteiger partial charge in [-0.25, -0.2) is 0 Å².